The van der Waals surface area contributed by atoms with Crippen LogP contribution in [0.5, 0.6) is 0 Å². The molecule has 2 aromatic heterocycles. The topological polar surface area (TPSA) is 32.3 Å². The maximum atomic E-state index is 12.6. The summed E-state index contributed by atoms with van der Waals surface area (Å²) in [4.78, 5) is 17.6. The standard InChI is InChI=1S/C20H20N2OS2/c1-14-4-6-15(7-5-14)21-19(23)13-22-10-8-17-16(9-12-25-17)20(22)18-3-2-11-24-18/h2-7,9,11-12,20H,8,10,13H2,1H3,(H,21,23)/t20-/m1/s1. The third kappa shape index (κ3) is 3.54. The van der Waals surface area contributed by atoms with Gasteiger partial charge in [-0.3, -0.25) is 9.69 Å². The van der Waals surface area contributed by atoms with Crippen LogP contribution in [-0.2, 0) is 11.2 Å². The van der Waals surface area contributed by atoms with Gasteiger partial charge in [-0.2, -0.15) is 0 Å². The normalized spacial score (nSPS) is 17.2. The second kappa shape index (κ2) is 7.12. The fourth-order valence-corrected chi connectivity index (χ4v) is 5.12. The van der Waals surface area contributed by atoms with Crippen molar-refractivity contribution in [2.75, 3.05) is 18.4 Å². The zero-order valence-corrected chi connectivity index (χ0v) is 15.7. The van der Waals surface area contributed by atoms with Crippen LogP contribution in [0.1, 0.15) is 26.9 Å². The molecular formula is C20H20N2OS2. The van der Waals surface area contributed by atoms with E-state index in [4.69, 9.17) is 0 Å². The van der Waals surface area contributed by atoms with E-state index in [0.717, 1.165) is 18.7 Å². The first-order valence-electron chi connectivity index (χ1n) is 8.41. The van der Waals surface area contributed by atoms with E-state index in [1.54, 1.807) is 11.3 Å². The van der Waals surface area contributed by atoms with Gasteiger partial charge < -0.3 is 5.32 Å². The number of nitrogens with zero attached hydrogens (tertiary/aromatic N) is 1. The number of nitrogens with one attached hydrogen (secondary N) is 1. The first kappa shape index (κ1) is 16.5. The van der Waals surface area contributed by atoms with Crippen molar-refractivity contribution in [3.8, 4) is 0 Å². The molecule has 1 N–H and O–H groups in total. The van der Waals surface area contributed by atoms with Gasteiger partial charge in [0.25, 0.3) is 0 Å². The maximum Gasteiger partial charge on any atom is 0.238 e. The number of thiophene rings is 2. The molecule has 3 heterocycles. The Balaban J connectivity index is 1.52. The Hall–Kier alpha value is -1.95. The van der Waals surface area contributed by atoms with Crippen molar-refractivity contribution in [3.63, 3.8) is 0 Å². The summed E-state index contributed by atoms with van der Waals surface area (Å²) in [6.45, 7) is 3.37. The van der Waals surface area contributed by atoms with E-state index >= 15 is 0 Å². The van der Waals surface area contributed by atoms with E-state index < -0.39 is 0 Å². The lowest BCUT2D eigenvalue weighted by Gasteiger charge is -2.34. The van der Waals surface area contributed by atoms with Crippen LogP contribution in [0.3, 0.4) is 0 Å². The SMILES string of the molecule is Cc1ccc(NC(=O)CN2CCc3sccc3[C@@H]2c2cccs2)cc1. The van der Waals surface area contributed by atoms with Crippen LogP contribution < -0.4 is 5.32 Å². The summed E-state index contributed by atoms with van der Waals surface area (Å²) >= 11 is 3.59. The molecule has 3 nitrogen and oxygen atoms in total. The van der Waals surface area contributed by atoms with Crippen LogP contribution in [0, 0.1) is 6.92 Å². The number of fused-ring (bicyclic) bond motifs is 1. The van der Waals surface area contributed by atoms with E-state index in [0.29, 0.717) is 6.54 Å². The molecule has 0 bridgehead atoms. The predicted molar refractivity (Wildman–Crippen MR) is 106 cm³/mol. The maximum absolute atomic E-state index is 12.6. The minimum atomic E-state index is 0.0455. The van der Waals surface area contributed by atoms with Crippen LogP contribution in [0.15, 0.2) is 53.2 Å². The van der Waals surface area contributed by atoms with Gasteiger partial charge in [-0.05, 0) is 53.9 Å². The highest BCUT2D eigenvalue weighted by Crippen LogP contribution is 2.39. The van der Waals surface area contributed by atoms with Crippen LogP contribution >= 0.6 is 22.7 Å². The lowest BCUT2D eigenvalue weighted by Crippen LogP contribution is -2.40. The molecular weight excluding hydrogens is 348 g/mol. The molecule has 0 radical (unpaired) electrons. The van der Waals surface area contributed by atoms with E-state index in [1.165, 1.54) is 20.9 Å². The zero-order valence-electron chi connectivity index (χ0n) is 14.1. The fraction of sp³-hybridized carbons (Fsp3) is 0.250. The number of aryl methyl sites for hydroxylation is 1. The number of hydrogen-bond acceptors (Lipinski definition) is 4. The first-order chi connectivity index (χ1) is 12.2. The van der Waals surface area contributed by atoms with Crippen LogP contribution in [0.2, 0.25) is 0 Å². The molecule has 25 heavy (non-hydrogen) atoms. The highest BCUT2D eigenvalue weighted by Gasteiger charge is 2.31. The highest BCUT2D eigenvalue weighted by atomic mass is 32.1. The Bertz CT molecular complexity index is 852. The Morgan fingerprint density at radius 1 is 1.16 bits per heavy atom. The van der Waals surface area contributed by atoms with E-state index in [1.807, 2.05) is 42.5 Å². The van der Waals surface area contributed by atoms with Gasteiger partial charge >= 0.3 is 0 Å². The lowest BCUT2D eigenvalue weighted by molar-refractivity contribution is -0.117. The number of hydrogen-bond donors (Lipinski definition) is 1. The second-order valence-electron chi connectivity index (χ2n) is 6.35. The van der Waals surface area contributed by atoms with Gasteiger partial charge in [0.05, 0.1) is 12.6 Å². The van der Waals surface area contributed by atoms with Crippen molar-refractivity contribution in [1.82, 2.24) is 4.90 Å². The molecule has 4 rings (SSSR count). The number of carbonyl (C=O) groups is 1. The van der Waals surface area contributed by atoms with Crippen LogP contribution in [0.4, 0.5) is 5.69 Å². The highest BCUT2D eigenvalue weighted by molar-refractivity contribution is 7.10. The predicted octanol–water partition coefficient (Wildman–Crippen LogP) is 4.70. The second-order valence-corrected chi connectivity index (χ2v) is 8.33. The van der Waals surface area contributed by atoms with Crippen molar-refractivity contribution in [2.24, 2.45) is 0 Å². The Kier molecular flexibility index (Phi) is 4.70. The number of benzene rings is 1. The van der Waals surface area contributed by atoms with Crippen molar-refractivity contribution < 1.29 is 4.79 Å². The molecule has 128 valence electrons. The Morgan fingerprint density at radius 3 is 2.76 bits per heavy atom. The van der Waals surface area contributed by atoms with E-state index in [9.17, 15) is 4.79 Å². The summed E-state index contributed by atoms with van der Waals surface area (Å²) < 4.78 is 0. The summed E-state index contributed by atoms with van der Waals surface area (Å²) in [6.07, 6.45) is 1.02. The van der Waals surface area contributed by atoms with Gasteiger partial charge in [-0.25, -0.2) is 0 Å². The summed E-state index contributed by atoms with van der Waals surface area (Å²) in [5.41, 5.74) is 3.41. The molecule has 5 heteroatoms. The first-order valence-corrected chi connectivity index (χ1v) is 10.2. The molecule has 3 aromatic rings. The monoisotopic (exact) mass is 368 g/mol. The van der Waals surface area contributed by atoms with Crippen molar-refractivity contribution in [2.45, 2.75) is 19.4 Å². The fourth-order valence-electron chi connectivity index (χ4n) is 3.34. The quantitative estimate of drug-likeness (QED) is 0.724. The van der Waals surface area contributed by atoms with Gasteiger partial charge in [-0.15, -0.1) is 22.7 Å². The van der Waals surface area contributed by atoms with Gasteiger partial charge in [-0.1, -0.05) is 23.8 Å². The molecule has 0 saturated carbocycles. The molecule has 1 aromatic carbocycles. The Labute approximate surface area is 155 Å². The molecule has 1 aliphatic heterocycles. The molecule has 0 unspecified atom stereocenters. The van der Waals surface area contributed by atoms with E-state index in [2.05, 4.69) is 39.2 Å². The molecule has 0 aliphatic carbocycles. The average molecular weight is 369 g/mol. The number of carbonyl (C=O) groups excluding carboxylic acids is 1. The summed E-state index contributed by atoms with van der Waals surface area (Å²) in [6, 6.07) is 14.6. The summed E-state index contributed by atoms with van der Waals surface area (Å²) in [5.74, 6) is 0.0455. The summed E-state index contributed by atoms with van der Waals surface area (Å²) in [5, 5.41) is 7.30. The van der Waals surface area contributed by atoms with Gasteiger partial charge in [0.2, 0.25) is 5.91 Å². The third-order valence-electron chi connectivity index (χ3n) is 4.56. The molecule has 1 atom stereocenters. The number of anilines is 1. The molecule has 0 spiro atoms. The van der Waals surface area contributed by atoms with E-state index in [-0.39, 0.29) is 11.9 Å². The van der Waals surface area contributed by atoms with Gasteiger partial charge in [0.15, 0.2) is 0 Å². The number of rotatable bonds is 4. The largest absolute Gasteiger partial charge is 0.325 e. The van der Waals surface area contributed by atoms with Crippen LogP contribution in [-0.4, -0.2) is 23.9 Å². The van der Waals surface area contributed by atoms with Crippen molar-refractivity contribution >= 4 is 34.3 Å². The lowest BCUT2D eigenvalue weighted by atomic mass is 9.98. The molecule has 1 amide bonds. The Morgan fingerprint density at radius 2 is 2.00 bits per heavy atom. The minimum Gasteiger partial charge on any atom is -0.325 e. The summed E-state index contributed by atoms with van der Waals surface area (Å²) in [7, 11) is 0. The smallest absolute Gasteiger partial charge is 0.238 e. The zero-order chi connectivity index (χ0) is 17.2. The molecule has 1 aliphatic rings. The minimum absolute atomic E-state index is 0.0455. The van der Waals surface area contributed by atoms with Crippen molar-refractivity contribution in [3.05, 3.63) is 74.1 Å². The van der Waals surface area contributed by atoms with Crippen molar-refractivity contribution in [1.29, 1.82) is 0 Å². The van der Waals surface area contributed by atoms with Gasteiger partial charge in [0.1, 0.15) is 0 Å². The molecule has 0 fully saturated rings. The average Bonchev–Trinajstić information content (AvgIpc) is 3.28. The third-order valence-corrected chi connectivity index (χ3v) is 6.48. The number of amides is 1. The van der Waals surface area contributed by atoms with Gasteiger partial charge in [0, 0.05) is 22.0 Å². The molecule has 0 saturated heterocycles. The van der Waals surface area contributed by atoms with Crippen LogP contribution in [0.25, 0.3) is 0 Å².